The van der Waals surface area contributed by atoms with Crippen LogP contribution in [0, 0.1) is 17.8 Å². The van der Waals surface area contributed by atoms with Crippen LogP contribution in [0.3, 0.4) is 0 Å². The summed E-state index contributed by atoms with van der Waals surface area (Å²) in [5, 5.41) is 65.4. The first-order valence-corrected chi connectivity index (χ1v) is 27.8. The highest BCUT2D eigenvalue weighted by Crippen LogP contribution is 2.22. The molecular weight excluding hydrogens is 1090 g/mol. The van der Waals surface area contributed by atoms with Gasteiger partial charge in [-0.25, -0.2) is 4.79 Å². The maximum absolute atomic E-state index is 14.8. The lowest BCUT2D eigenvalue weighted by Gasteiger charge is -2.34. The van der Waals surface area contributed by atoms with E-state index < -0.39 is 168 Å². The van der Waals surface area contributed by atoms with Crippen molar-refractivity contribution >= 4 is 76.1 Å². The molecular formula is C57H82N12O15. The van der Waals surface area contributed by atoms with Gasteiger partial charge in [-0.15, -0.1) is 0 Å². The number of cyclic esters (lactones) is 1. The molecule has 18 N–H and O–H groups in total. The normalized spacial score (nSPS) is 25.1. The van der Waals surface area contributed by atoms with Crippen molar-refractivity contribution < 1.29 is 73.1 Å². The van der Waals surface area contributed by atoms with Crippen molar-refractivity contribution in [1.82, 2.24) is 52.8 Å². The van der Waals surface area contributed by atoms with E-state index in [9.17, 15) is 68.4 Å². The van der Waals surface area contributed by atoms with Crippen LogP contribution in [0.4, 0.5) is 0 Å². The lowest BCUT2D eigenvalue weighted by molar-refractivity contribution is -0.160. The van der Waals surface area contributed by atoms with Crippen LogP contribution in [0.1, 0.15) is 85.8 Å². The van der Waals surface area contributed by atoms with Gasteiger partial charge in [0.25, 0.3) is 11.8 Å². The lowest BCUT2D eigenvalue weighted by Crippen LogP contribution is -2.65. The second-order valence-electron chi connectivity index (χ2n) is 21.2. The molecule has 0 aliphatic carbocycles. The van der Waals surface area contributed by atoms with Gasteiger partial charge in [0.1, 0.15) is 59.8 Å². The zero-order chi connectivity index (χ0) is 62.5. The summed E-state index contributed by atoms with van der Waals surface area (Å²) in [6.45, 7) is 9.67. The number of fused-ring (bicyclic) bond motifs is 1. The zero-order valence-electron chi connectivity index (χ0n) is 48.4. The van der Waals surface area contributed by atoms with E-state index in [4.69, 9.17) is 16.2 Å². The number of benzene rings is 2. The summed E-state index contributed by atoms with van der Waals surface area (Å²) >= 11 is 0. The van der Waals surface area contributed by atoms with Crippen molar-refractivity contribution in [3.63, 3.8) is 0 Å². The number of ether oxygens (including phenoxy) is 1. The number of carbonyl (C=O) groups is 10. The Balaban J connectivity index is 1.95. The van der Waals surface area contributed by atoms with Gasteiger partial charge in [-0.1, -0.05) is 103 Å². The molecule has 1 fully saturated rings. The molecule has 3 aromatic rings. The minimum atomic E-state index is -1.98. The van der Waals surface area contributed by atoms with Gasteiger partial charge in [-0.05, 0) is 68.7 Å². The fourth-order valence-electron chi connectivity index (χ4n) is 8.70. The summed E-state index contributed by atoms with van der Waals surface area (Å²) in [5.41, 5.74) is 12.7. The number of aromatic nitrogens is 1. The second kappa shape index (κ2) is 32.7. The van der Waals surface area contributed by atoms with Gasteiger partial charge in [-0.2, -0.15) is 0 Å². The van der Waals surface area contributed by atoms with Gasteiger partial charge in [0, 0.05) is 29.1 Å². The molecule has 0 saturated carbocycles. The molecule has 0 bridgehead atoms. The van der Waals surface area contributed by atoms with E-state index in [1.54, 1.807) is 68.4 Å². The van der Waals surface area contributed by atoms with E-state index >= 15 is 0 Å². The largest absolute Gasteiger partial charge is 0.458 e. The molecule has 2 aromatic carbocycles. The van der Waals surface area contributed by atoms with E-state index in [-0.39, 0.29) is 25.8 Å². The monoisotopic (exact) mass is 1170 g/mol. The minimum absolute atomic E-state index is 0.0234. The maximum Gasteiger partial charge on any atom is 0.329 e. The number of esters is 1. The molecule has 1 aliphatic heterocycles. The average Bonchev–Trinajstić information content (AvgIpc) is 3.78. The Kier molecular flexibility index (Phi) is 26.6. The topological polar surface area (TPSA) is 437 Å². The molecule has 27 nitrogen and oxygen atoms in total. The van der Waals surface area contributed by atoms with Gasteiger partial charge in [0.05, 0.1) is 31.5 Å². The number of allylic oxidation sites excluding steroid dienone is 1. The second-order valence-corrected chi connectivity index (χ2v) is 21.2. The van der Waals surface area contributed by atoms with E-state index in [0.717, 1.165) is 13.0 Å². The number of hydrogen-bond donors (Lipinski definition) is 16. The lowest BCUT2D eigenvalue weighted by atomic mass is 9.95. The van der Waals surface area contributed by atoms with E-state index in [0.29, 0.717) is 28.5 Å². The fourth-order valence-corrected chi connectivity index (χ4v) is 8.70. The number of carbonyl (C=O) groups excluding carboxylic acids is 10. The Morgan fingerprint density at radius 3 is 1.86 bits per heavy atom. The number of hydrogen-bond acceptors (Lipinski definition) is 17. The Bertz CT molecular complexity index is 2860. The van der Waals surface area contributed by atoms with Crippen LogP contribution >= 0.6 is 0 Å². The smallest absolute Gasteiger partial charge is 0.329 e. The zero-order valence-corrected chi connectivity index (χ0v) is 48.4. The van der Waals surface area contributed by atoms with Crippen molar-refractivity contribution in [1.29, 1.82) is 0 Å². The van der Waals surface area contributed by atoms with Crippen LogP contribution in [0.5, 0.6) is 0 Å². The molecule has 460 valence electrons. The molecule has 12 atom stereocenters. The Morgan fingerprint density at radius 1 is 0.690 bits per heavy atom. The summed E-state index contributed by atoms with van der Waals surface area (Å²) in [5.74, 6) is -13.5. The quantitative estimate of drug-likeness (QED) is 0.0515. The summed E-state index contributed by atoms with van der Waals surface area (Å²) in [6.07, 6.45) is -1.08. The standard InChI is InChI=1S/C57H82N12O15/c1-9-30(7)42(59)53(79)69-45-47(29(5)6)84-57(83)39(23-32-17-12-11-13-18-32)64-49(75)37(21-16-22-58)62-50(76)38(24-33-25-60-36-20-15-14-19-34(33)36)63-51(77)40(26-70)65-48(74)35(10-2)61-55(81)44(46(73)28(3)4)68-52(78)41(27-71)66-54(80)43(31(8)72)67-56(45)82/h10-15,17-20,24-25,28-31,37,39-47,60,70-73H,9,16,21-23,26-27,58-59H2,1-8H3,(H,61,81)(H,62,76)(H,63,77)(H,64,75)(H,65,74)(H,66,80)(H,67,82)(H,68,78)(H,69,79)/b35-10-,38-24-. The van der Waals surface area contributed by atoms with Crippen LogP contribution in [0.25, 0.3) is 17.0 Å². The van der Waals surface area contributed by atoms with Crippen molar-refractivity contribution in [2.45, 2.75) is 148 Å². The van der Waals surface area contributed by atoms with Crippen molar-refractivity contribution in [2.75, 3.05) is 19.8 Å². The van der Waals surface area contributed by atoms with Crippen LogP contribution in [-0.4, -0.2) is 171 Å². The number of amides is 9. The Hall–Kier alpha value is -8.08. The van der Waals surface area contributed by atoms with Gasteiger partial charge < -0.3 is 89.5 Å². The number of nitrogens with one attached hydrogen (secondary N) is 10. The predicted octanol–water partition coefficient (Wildman–Crippen LogP) is -2.64. The van der Waals surface area contributed by atoms with E-state index in [1.165, 1.54) is 46.9 Å². The number of aromatic amines is 1. The highest BCUT2D eigenvalue weighted by molar-refractivity contribution is 6.07. The molecule has 0 spiro atoms. The summed E-state index contributed by atoms with van der Waals surface area (Å²) in [7, 11) is 0. The van der Waals surface area contributed by atoms with Gasteiger partial charge in [0.15, 0.2) is 0 Å². The van der Waals surface area contributed by atoms with Gasteiger partial charge in [-0.3, -0.25) is 43.2 Å². The SMILES string of the molecule is C/C=C1\NC(=O)C(C(O)C(C)C)NC(=O)C(CO)NC(=O)C(C(C)O)NC(=O)C(NC(=O)C(N)C(C)CC)C(C(C)C)OC(=O)C(Cc2ccccc2)NC(=O)C(CCCN)NC(=O)/C(=C/c2c[nH]c3ccccc23)NC(=O)C(CO)NC1=O. The van der Waals surface area contributed by atoms with E-state index in [2.05, 4.69) is 52.8 Å². The summed E-state index contributed by atoms with van der Waals surface area (Å²) < 4.78 is 6.11. The first kappa shape index (κ1) is 68.4. The van der Waals surface area contributed by atoms with Gasteiger partial charge in [0.2, 0.25) is 41.4 Å². The highest BCUT2D eigenvalue weighted by atomic mass is 16.5. The van der Waals surface area contributed by atoms with Crippen LogP contribution in [0.2, 0.25) is 0 Å². The average molecular weight is 1180 g/mol. The molecule has 84 heavy (non-hydrogen) atoms. The molecule has 1 saturated heterocycles. The Labute approximate surface area is 486 Å². The summed E-state index contributed by atoms with van der Waals surface area (Å²) in [6, 6.07) is 1.34. The first-order valence-electron chi connectivity index (χ1n) is 27.8. The maximum atomic E-state index is 14.8. The number of para-hydroxylation sites is 1. The minimum Gasteiger partial charge on any atom is -0.458 e. The molecule has 4 rings (SSSR count). The third-order valence-corrected chi connectivity index (χ3v) is 14.1. The number of rotatable bonds is 16. The van der Waals surface area contributed by atoms with Crippen molar-refractivity contribution in [3.05, 3.63) is 89.4 Å². The number of nitrogens with two attached hydrogens (primary N) is 2. The van der Waals surface area contributed by atoms with Crippen molar-refractivity contribution in [3.8, 4) is 0 Å². The molecule has 12 unspecified atom stereocenters. The molecule has 1 aromatic heterocycles. The molecule has 0 radical (unpaired) electrons. The highest BCUT2D eigenvalue weighted by Gasteiger charge is 2.42. The van der Waals surface area contributed by atoms with Crippen molar-refractivity contribution in [2.24, 2.45) is 29.2 Å². The number of aliphatic hydroxyl groups is 4. The molecule has 1 aliphatic rings. The van der Waals surface area contributed by atoms with Crippen LogP contribution in [-0.2, 0) is 59.1 Å². The fraction of sp³-hybridized carbons (Fsp3) is 0.509. The summed E-state index contributed by atoms with van der Waals surface area (Å²) in [4.78, 5) is 146. The molecule has 27 heteroatoms. The van der Waals surface area contributed by atoms with E-state index in [1.807, 2.05) is 0 Å². The number of H-pyrrole nitrogens is 1. The van der Waals surface area contributed by atoms with Crippen LogP contribution < -0.4 is 59.3 Å². The molecule has 9 amide bonds. The predicted molar refractivity (Wildman–Crippen MR) is 307 cm³/mol. The number of aliphatic hydroxyl groups excluding tert-OH is 4. The van der Waals surface area contributed by atoms with Gasteiger partial charge >= 0.3 is 5.97 Å². The third kappa shape index (κ3) is 19.0. The van der Waals surface area contributed by atoms with Crippen LogP contribution in [0.15, 0.2) is 78.3 Å². The first-order chi connectivity index (χ1) is 39.8. The Morgan fingerprint density at radius 2 is 1.26 bits per heavy atom. The molecule has 2 heterocycles. The third-order valence-electron chi connectivity index (χ3n) is 14.1.